The molecule has 0 aliphatic heterocycles. The van der Waals surface area contributed by atoms with Gasteiger partial charge in [-0.1, -0.05) is 20.3 Å². The molecular formula is C21H32O3. The molecular weight excluding hydrogens is 300 g/mol. The highest BCUT2D eigenvalue weighted by Gasteiger charge is 2.59. The van der Waals surface area contributed by atoms with E-state index >= 15 is 0 Å². The van der Waals surface area contributed by atoms with Crippen LogP contribution >= 0.6 is 0 Å². The summed E-state index contributed by atoms with van der Waals surface area (Å²) in [6.07, 6.45) is 10.3. The molecule has 0 aromatic carbocycles. The Morgan fingerprint density at radius 3 is 2.62 bits per heavy atom. The van der Waals surface area contributed by atoms with Crippen LogP contribution in [0.4, 0.5) is 0 Å². The first-order valence-electron chi connectivity index (χ1n) is 10.0. The second-order valence-corrected chi connectivity index (χ2v) is 9.72. The number of esters is 1. The summed E-state index contributed by atoms with van der Waals surface area (Å²) in [4.78, 5) is 24.0. The predicted octanol–water partition coefficient (Wildman–Crippen LogP) is 4.53. The second-order valence-electron chi connectivity index (χ2n) is 9.72. The number of hydrogen-bond acceptors (Lipinski definition) is 3. The molecule has 0 N–H and O–H groups in total. The molecule has 4 saturated carbocycles. The highest BCUT2D eigenvalue weighted by Crippen LogP contribution is 2.65. The zero-order valence-corrected chi connectivity index (χ0v) is 15.5. The van der Waals surface area contributed by atoms with Crippen LogP contribution < -0.4 is 0 Å². The first-order valence-corrected chi connectivity index (χ1v) is 10.0. The number of ketones is 1. The van der Waals surface area contributed by atoms with E-state index in [2.05, 4.69) is 13.8 Å². The van der Waals surface area contributed by atoms with Crippen LogP contribution in [0.1, 0.15) is 78.6 Å². The Hall–Kier alpha value is -0.860. The van der Waals surface area contributed by atoms with Crippen molar-refractivity contribution in [2.45, 2.75) is 84.7 Å². The average molecular weight is 332 g/mol. The van der Waals surface area contributed by atoms with Gasteiger partial charge in [0.1, 0.15) is 0 Å². The third kappa shape index (κ3) is 2.37. The van der Waals surface area contributed by atoms with Crippen LogP contribution in [-0.2, 0) is 14.3 Å². The summed E-state index contributed by atoms with van der Waals surface area (Å²) in [7, 11) is 0. The number of fused-ring (bicyclic) bond motifs is 5. The lowest BCUT2D eigenvalue weighted by Crippen LogP contribution is -2.55. The topological polar surface area (TPSA) is 43.4 Å². The molecule has 0 heterocycles. The molecule has 4 rings (SSSR count). The average Bonchev–Trinajstić information content (AvgIpc) is 2.89. The van der Waals surface area contributed by atoms with Crippen molar-refractivity contribution in [3.63, 3.8) is 0 Å². The first-order chi connectivity index (χ1) is 11.3. The fourth-order valence-corrected chi connectivity index (χ4v) is 7.38. The van der Waals surface area contributed by atoms with E-state index in [-0.39, 0.29) is 17.2 Å². The molecule has 3 nitrogen and oxygen atoms in total. The van der Waals surface area contributed by atoms with Crippen LogP contribution in [0.15, 0.2) is 0 Å². The smallest absolute Gasteiger partial charge is 0.303 e. The maximum absolute atomic E-state index is 12.7. The van der Waals surface area contributed by atoms with Crippen molar-refractivity contribution in [1.29, 1.82) is 0 Å². The van der Waals surface area contributed by atoms with Crippen molar-refractivity contribution in [3.8, 4) is 0 Å². The van der Waals surface area contributed by atoms with Crippen LogP contribution in [0, 0.1) is 34.5 Å². The minimum atomic E-state index is -0.475. The van der Waals surface area contributed by atoms with Gasteiger partial charge in [0.2, 0.25) is 0 Å². The fraction of sp³-hybridized carbons (Fsp3) is 0.905. The fourth-order valence-electron chi connectivity index (χ4n) is 7.38. The third-order valence-electron chi connectivity index (χ3n) is 8.57. The Bertz CT molecular complexity index is 555. The lowest BCUT2D eigenvalue weighted by Gasteiger charge is -2.60. The summed E-state index contributed by atoms with van der Waals surface area (Å²) >= 11 is 0. The zero-order valence-electron chi connectivity index (χ0n) is 15.5. The number of ether oxygens (including phenoxy) is 1. The van der Waals surface area contributed by atoms with Gasteiger partial charge >= 0.3 is 5.97 Å². The molecule has 7 atom stereocenters. The summed E-state index contributed by atoms with van der Waals surface area (Å²) in [5, 5.41) is 0. The minimum Gasteiger partial charge on any atom is -0.455 e. The molecule has 0 amide bonds. The van der Waals surface area contributed by atoms with Crippen LogP contribution in [0.25, 0.3) is 0 Å². The third-order valence-corrected chi connectivity index (χ3v) is 8.57. The molecule has 0 aromatic heterocycles. The quantitative estimate of drug-likeness (QED) is 0.663. The predicted molar refractivity (Wildman–Crippen MR) is 92.3 cm³/mol. The molecule has 0 spiro atoms. The zero-order chi connectivity index (χ0) is 17.1. The lowest BCUT2D eigenvalue weighted by atomic mass is 9.45. The molecule has 4 aliphatic rings. The molecule has 0 saturated heterocycles. The van der Waals surface area contributed by atoms with E-state index in [1.54, 1.807) is 0 Å². The van der Waals surface area contributed by atoms with Gasteiger partial charge in [-0.25, -0.2) is 0 Å². The van der Waals surface area contributed by atoms with E-state index in [1.165, 1.54) is 51.9 Å². The largest absolute Gasteiger partial charge is 0.455 e. The Kier molecular flexibility index (Phi) is 3.85. The van der Waals surface area contributed by atoms with Crippen molar-refractivity contribution in [2.75, 3.05) is 0 Å². The van der Waals surface area contributed by atoms with E-state index in [4.69, 9.17) is 4.74 Å². The minimum absolute atomic E-state index is 0.139. The molecule has 24 heavy (non-hydrogen) atoms. The second kappa shape index (κ2) is 5.57. The van der Waals surface area contributed by atoms with Crippen molar-refractivity contribution < 1.29 is 14.3 Å². The van der Waals surface area contributed by atoms with Crippen molar-refractivity contribution >= 4 is 11.8 Å². The monoisotopic (exact) mass is 332 g/mol. The van der Waals surface area contributed by atoms with Gasteiger partial charge in [-0.05, 0) is 79.4 Å². The summed E-state index contributed by atoms with van der Waals surface area (Å²) in [6.45, 7) is 6.33. The van der Waals surface area contributed by atoms with Gasteiger partial charge in [-0.2, -0.15) is 0 Å². The van der Waals surface area contributed by atoms with Crippen LogP contribution in [-0.4, -0.2) is 17.9 Å². The maximum Gasteiger partial charge on any atom is 0.303 e. The van der Waals surface area contributed by atoms with E-state index < -0.39 is 6.10 Å². The summed E-state index contributed by atoms with van der Waals surface area (Å²) in [5.74, 6) is 2.82. The van der Waals surface area contributed by atoms with E-state index in [1.807, 2.05) is 0 Å². The van der Waals surface area contributed by atoms with Gasteiger partial charge in [-0.15, -0.1) is 0 Å². The molecule has 134 valence electrons. The van der Waals surface area contributed by atoms with Gasteiger partial charge in [0.05, 0.1) is 0 Å². The molecule has 4 aliphatic carbocycles. The Morgan fingerprint density at radius 2 is 1.88 bits per heavy atom. The summed E-state index contributed by atoms with van der Waals surface area (Å²) in [5.41, 5.74) is 0.712. The van der Waals surface area contributed by atoms with Crippen molar-refractivity contribution in [1.82, 2.24) is 0 Å². The van der Waals surface area contributed by atoms with Gasteiger partial charge in [-0.3, -0.25) is 9.59 Å². The normalized spacial score (nSPS) is 50.6. The van der Waals surface area contributed by atoms with Crippen molar-refractivity contribution in [2.24, 2.45) is 34.5 Å². The number of carbonyl (C=O) groups is 2. The Morgan fingerprint density at radius 1 is 1.08 bits per heavy atom. The Labute approximate surface area is 145 Å². The molecule has 0 radical (unpaired) electrons. The highest BCUT2D eigenvalue weighted by atomic mass is 16.5. The lowest BCUT2D eigenvalue weighted by molar-refractivity contribution is -0.169. The molecule has 0 aromatic rings. The SMILES string of the molecule is CC(=O)O[C@@H]1C[C@@H]2CC[C@H]3[C@@H]4CCC[C@@]4(C)CC[C@@H]3[C@@]2(C)CC1=O. The molecule has 4 fully saturated rings. The van der Waals surface area contributed by atoms with E-state index in [9.17, 15) is 9.59 Å². The number of carbonyl (C=O) groups excluding carboxylic acids is 2. The van der Waals surface area contributed by atoms with Crippen molar-refractivity contribution in [3.05, 3.63) is 0 Å². The highest BCUT2D eigenvalue weighted by molar-refractivity contribution is 5.86. The molecule has 3 heteroatoms. The van der Waals surface area contributed by atoms with Gasteiger partial charge in [0, 0.05) is 13.3 Å². The standard InChI is InChI=1S/C21H32O3/c1-13(22)24-19-11-14-6-7-15-16-5-4-9-20(16,2)10-8-17(15)21(14,3)12-18(19)23/h14-17,19H,4-12H2,1-3H3/t14-,15-,16-,17-,19+,20-,21-/m0/s1. The number of hydrogen-bond donors (Lipinski definition) is 0. The van der Waals surface area contributed by atoms with E-state index in [0.29, 0.717) is 23.7 Å². The molecule has 0 unspecified atom stereocenters. The first kappa shape index (κ1) is 16.6. The number of rotatable bonds is 1. The van der Waals surface area contributed by atoms with Gasteiger partial charge in [0.25, 0.3) is 0 Å². The maximum atomic E-state index is 12.7. The number of Topliss-reactive ketones (excluding diaryl/α,β-unsaturated/α-hetero) is 1. The molecule has 0 bridgehead atoms. The van der Waals surface area contributed by atoms with Gasteiger partial charge < -0.3 is 4.74 Å². The Balaban J connectivity index is 1.57. The van der Waals surface area contributed by atoms with Crippen LogP contribution in [0.2, 0.25) is 0 Å². The van der Waals surface area contributed by atoms with Crippen LogP contribution in [0.3, 0.4) is 0 Å². The van der Waals surface area contributed by atoms with Crippen LogP contribution in [0.5, 0.6) is 0 Å². The summed E-state index contributed by atoms with van der Waals surface area (Å²) < 4.78 is 5.33. The summed E-state index contributed by atoms with van der Waals surface area (Å²) in [6, 6.07) is 0. The van der Waals surface area contributed by atoms with E-state index in [0.717, 1.165) is 18.3 Å². The van der Waals surface area contributed by atoms with Gasteiger partial charge in [0.15, 0.2) is 11.9 Å².